The molecule has 1 N–H and O–H groups in total. The molecular formula is C11H18O2. The molecule has 74 valence electrons. The van der Waals surface area contributed by atoms with Crippen LogP contribution in [0.25, 0.3) is 0 Å². The monoisotopic (exact) mass is 182 g/mol. The highest BCUT2D eigenvalue weighted by Crippen LogP contribution is 2.64. The van der Waals surface area contributed by atoms with Gasteiger partial charge in [-0.15, -0.1) is 0 Å². The Balaban J connectivity index is 2.06. The van der Waals surface area contributed by atoms with Crippen LogP contribution in [-0.2, 0) is 4.74 Å². The maximum Gasteiger partial charge on any atom is 0.168 e. The van der Waals surface area contributed by atoms with Gasteiger partial charge in [0.2, 0.25) is 0 Å². The zero-order valence-corrected chi connectivity index (χ0v) is 8.25. The minimum atomic E-state index is -0.824. The summed E-state index contributed by atoms with van der Waals surface area (Å²) in [6.07, 6.45) is 7.72. The van der Waals surface area contributed by atoms with E-state index in [2.05, 4.69) is 0 Å². The van der Waals surface area contributed by atoms with Crippen molar-refractivity contribution < 1.29 is 9.84 Å². The summed E-state index contributed by atoms with van der Waals surface area (Å²) in [6.45, 7) is 1.89. The molecule has 1 saturated heterocycles. The molecule has 2 bridgehead atoms. The van der Waals surface area contributed by atoms with Crippen molar-refractivity contribution in [2.24, 2.45) is 11.3 Å². The van der Waals surface area contributed by atoms with E-state index in [1.165, 1.54) is 38.5 Å². The van der Waals surface area contributed by atoms with E-state index in [1.54, 1.807) is 0 Å². The molecule has 2 heteroatoms. The first-order valence-electron chi connectivity index (χ1n) is 5.56. The molecule has 1 aliphatic heterocycles. The first kappa shape index (κ1) is 8.25. The second kappa shape index (κ2) is 2.29. The van der Waals surface area contributed by atoms with Crippen molar-refractivity contribution in [3.8, 4) is 0 Å². The van der Waals surface area contributed by atoms with E-state index in [0.717, 1.165) is 0 Å². The van der Waals surface area contributed by atoms with Gasteiger partial charge in [0, 0.05) is 5.41 Å². The molecule has 1 heterocycles. The fourth-order valence-electron chi connectivity index (χ4n) is 4.13. The Hall–Kier alpha value is -0.0800. The van der Waals surface area contributed by atoms with Gasteiger partial charge in [-0.1, -0.05) is 12.8 Å². The summed E-state index contributed by atoms with van der Waals surface area (Å²) >= 11 is 0. The summed E-state index contributed by atoms with van der Waals surface area (Å²) in [4.78, 5) is 0. The van der Waals surface area contributed by atoms with E-state index in [9.17, 15) is 5.11 Å². The van der Waals surface area contributed by atoms with Gasteiger partial charge in [-0.3, -0.25) is 0 Å². The molecule has 0 aromatic heterocycles. The van der Waals surface area contributed by atoms with Crippen LogP contribution in [0.15, 0.2) is 0 Å². The predicted octanol–water partition coefficient (Wildman–Crippen LogP) is 2.06. The SMILES string of the molecule is CC1(O)O[C@H]2CCC[C@@]13CCC[C@@H]23. The van der Waals surface area contributed by atoms with Crippen molar-refractivity contribution in [1.29, 1.82) is 0 Å². The first-order chi connectivity index (χ1) is 6.16. The van der Waals surface area contributed by atoms with Gasteiger partial charge in [0.25, 0.3) is 0 Å². The minimum Gasteiger partial charge on any atom is -0.365 e. The van der Waals surface area contributed by atoms with E-state index in [4.69, 9.17) is 4.74 Å². The van der Waals surface area contributed by atoms with E-state index in [1.807, 2.05) is 6.92 Å². The van der Waals surface area contributed by atoms with Crippen molar-refractivity contribution in [2.45, 2.75) is 57.3 Å². The maximum absolute atomic E-state index is 10.3. The summed E-state index contributed by atoms with van der Waals surface area (Å²) in [7, 11) is 0. The van der Waals surface area contributed by atoms with Crippen molar-refractivity contribution in [3.05, 3.63) is 0 Å². The lowest BCUT2D eigenvalue weighted by atomic mass is 9.65. The molecule has 3 rings (SSSR count). The third kappa shape index (κ3) is 0.816. The second-order valence-corrected chi connectivity index (χ2v) is 5.19. The van der Waals surface area contributed by atoms with Crippen molar-refractivity contribution in [1.82, 2.24) is 0 Å². The van der Waals surface area contributed by atoms with Gasteiger partial charge >= 0.3 is 0 Å². The average Bonchev–Trinajstić information content (AvgIpc) is 2.52. The van der Waals surface area contributed by atoms with Gasteiger partial charge in [0.15, 0.2) is 5.79 Å². The summed E-state index contributed by atoms with van der Waals surface area (Å²) in [5.41, 5.74) is 0.135. The Morgan fingerprint density at radius 3 is 2.62 bits per heavy atom. The largest absolute Gasteiger partial charge is 0.365 e. The molecule has 0 spiro atoms. The predicted molar refractivity (Wildman–Crippen MR) is 49.1 cm³/mol. The second-order valence-electron chi connectivity index (χ2n) is 5.19. The number of hydrogen-bond donors (Lipinski definition) is 1. The molecule has 3 fully saturated rings. The normalized spacial score (nSPS) is 59.5. The molecule has 1 unspecified atom stereocenters. The van der Waals surface area contributed by atoms with Crippen LogP contribution in [0.4, 0.5) is 0 Å². The molecule has 0 amide bonds. The third-order valence-electron chi connectivity index (χ3n) is 4.71. The van der Waals surface area contributed by atoms with E-state index in [-0.39, 0.29) is 5.41 Å². The zero-order valence-electron chi connectivity index (χ0n) is 8.25. The lowest BCUT2D eigenvalue weighted by Gasteiger charge is -2.39. The lowest BCUT2D eigenvalue weighted by Crippen LogP contribution is -2.43. The van der Waals surface area contributed by atoms with Gasteiger partial charge in [-0.2, -0.15) is 0 Å². The van der Waals surface area contributed by atoms with Crippen LogP contribution in [0, 0.1) is 11.3 Å². The van der Waals surface area contributed by atoms with Crippen LogP contribution >= 0.6 is 0 Å². The topological polar surface area (TPSA) is 29.5 Å². The van der Waals surface area contributed by atoms with Gasteiger partial charge in [0.1, 0.15) is 0 Å². The highest BCUT2D eigenvalue weighted by molar-refractivity contribution is 5.09. The van der Waals surface area contributed by atoms with Crippen LogP contribution in [0.1, 0.15) is 45.4 Å². The van der Waals surface area contributed by atoms with Crippen LogP contribution in [0.2, 0.25) is 0 Å². The summed E-state index contributed by atoms with van der Waals surface area (Å²) in [6, 6.07) is 0. The van der Waals surface area contributed by atoms with Crippen molar-refractivity contribution in [2.75, 3.05) is 0 Å². The smallest absolute Gasteiger partial charge is 0.168 e. The van der Waals surface area contributed by atoms with Crippen LogP contribution < -0.4 is 0 Å². The van der Waals surface area contributed by atoms with Crippen LogP contribution in [0.3, 0.4) is 0 Å². The van der Waals surface area contributed by atoms with Crippen LogP contribution in [-0.4, -0.2) is 17.0 Å². The molecule has 2 nitrogen and oxygen atoms in total. The fraction of sp³-hybridized carbons (Fsp3) is 1.00. The number of hydrogen-bond acceptors (Lipinski definition) is 2. The van der Waals surface area contributed by atoms with E-state index in [0.29, 0.717) is 12.0 Å². The Labute approximate surface area is 79.3 Å². The number of ether oxygens (including phenoxy) is 1. The van der Waals surface area contributed by atoms with E-state index >= 15 is 0 Å². The lowest BCUT2D eigenvalue weighted by molar-refractivity contribution is -0.222. The molecule has 4 atom stereocenters. The molecule has 0 radical (unpaired) electrons. The van der Waals surface area contributed by atoms with Crippen molar-refractivity contribution >= 4 is 0 Å². The summed E-state index contributed by atoms with van der Waals surface area (Å²) in [5.74, 6) is -0.161. The van der Waals surface area contributed by atoms with Gasteiger partial charge in [-0.05, 0) is 38.5 Å². The Kier molecular flexibility index (Phi) is 1.45. The summed E-state index contributed by atoms with van der Waals surface area (Å²) in [5, 5.41) is 10.3. The van der Waals surface area contributed by atoms with Gasteiger partial charge < -0.3 is 9.84 Å². The molecular weight excluding hydrogens is 164 g/mol. The standard InChI is InChI=1S/C11H18O2/c1-10(12)11-6-2-4-8(11)9(13-10)5-3-7-11/h8-9,12H,2-7H2,1H3/t8-,9-,10?,11+/m0/s1. The molecule has 13 heavy (non-hydrogen) atoms. The zero-order chi connectivity index (χ0) is 9.10. The Morgan fingerprint density at radius 1 is 1.23 bits per heavy atom. The molecule has 3 aliphatic rings. The molecule has 2 saturated carbocycles. The summed E-state index contributed by atoms with van der Waals surface area (Å²) < 4.78 is 5.79. The van der Waals surface area contributed by atoms with Gasteiger partial charge in [0.05, 0.1) is 6.10 Å². The molecule has 2 aliphatic carbocycles. The average molecular weight is 182 g/mol. The van der Waals surface area contributed by atoms with E-state index < -0.39 is 5.79 Å². The highest BCUT2D eigenvalue weighted by atomic mass is 16.6. The maximum atomic E-state index is 10.3. The highest BCUT2D eigenvalue weighted by Gasteiger charge is 2.65. The minimum absolute atomic E-state index is 0.135. The Morgan fingerprint density at radius 2 is 1.92 bits per heavy atom. The Bertz CT molecular complexity index is 236. The molecule has 0 aromatic carbocycles. The first-order valence-corrected chi connectivity index (χ1v) is 5.56. The fourth-order valence-corrected chi connectivity index (χ4v) is 4.13. The number of aliphatic hydroxyl groups is 1. The number of rotatable bonds is 0. The third-order valence-corrected chi connectivity index (χ3v) is 4.71. The van der Waals surface area contributed by atoms with Crippen LogP contribution in [0.5, 0.6) is 0 Å². The quantitative estimate of drug-likeness (QED) is 0.621. The molecule has 0 aromatic rings. The van der Waals surface area contributed by atoms with Crippen molar-refractivity contribution in [3.63, 3.8) is 0 Å². The van der Waals surface area contributed by atoms with Gasteiger partial charge in [-0.25, -0.2) is 0 Å².